The van der Waals surface area contributed by atoms with Crippen molar-refractivity contribution in [3.63, 3.8) is 0 Å². The molecule has 4 nitrogen and oxygen atoms in total. The second kappa shape index (κ2) is 10.9. The van der Waals surface area contributed by atoms with E-state index in [9.17, 15) is 5.26 Å². The Bertz CT molecular complexity index is 2460. The molecule has 0 N–H and O–H groups in total. The van der Waals surface area contributed by atoms with Crippen LogP contribution in [0.15, 0.2) is 127 Å². The van der Waals surface area contributed by atoms with Crippen LogP contribution in [0.1, 0.15) is 72.5 Å². The van der Waals surface area contributed by atoms with Crippen LogP contribution in [-0.4, -0.2) is 9.97 Å². The lowest BCUT2D eigenvalue weighted by molar-refractivity contribution is 0.353. The third kappa shape index (κ3) is 4.35. The van der Waals surface area contributed by atoms with Gasteiger partial charge in [-0.25, -0.2) is 9.97 Å². The average molecular weight is 632 g/mol. The summed E-state index contributed by atoms with van der Waals surface area (Å²) in [6, 6.07) is 41.0. The topological polar surface area (TPSA) is 58.8 Å². The molecule has 1 atom stereocenters. The van der Waals surface area contributed by atoms with Crippen molar-refractivity contribution in [2.24, 2.45) is 0 Å². The molecule has 10 rings (SSSR count). The van der Waals surface area contributed by atoms with E-state index in [-0.39, 0.29) is 11.3 Å². The van der Waals surface area contributed by atoms with Crippen LogP contribution in [0.3, 0.4) is 0 Å². The van der Waals surface area contributed by atoms with Gasteiger partial charge < -0.3 is 4.74 Å². The molecule has 0 bridgehead atoms. The van der Waals surface area contributed by atoms with Crippen molar-refractivity contribution in [1.82, 2.24) is 9.97 Å². The highest BCUT2D eigenvalue weighted by Crippen LogP contribution is 2.58. The zero-order valence-electron chi connectivity index (χ0n) is 27.1. The molecule has 4 aliphatic rings. The van der Waals surface area contributed by atoms with Crippen LogP contribution < -0.4 is 4.74 Å². The number of nitriles is 1. The Morgan fingerprint density at radius 2 is 1.55 bits per heavy atom. The maximum absolute atomic E-state index is 9.89. The number of para-hydroxylation sites is 1. The van der Waals surface area contributed by atoms with Gasteiger partial charge in [-0.15, -0.1) is 0 Å². The maximum Gasteiger partial charge on any atom is 0.160 e. The van der Waals surface area contributed by atoms with Gasteiger partial charge >= 0.3 is 0 Å². The molecule has 234 valence electrons. The van der Waals surface area contributed by atoms with Crippen molar-refractivity contribution in [1.29, 1.82) is 5.26 Å². The summed E-state index contributed by atoms with van der Waals surface area (Å²) in [5.74, 6) is 2.83. The first-order valence-electron chi connectivity index (χ1n) is 17.4. The van der Waals surface area contributed by atoms with Crippen LogP contribution in [0.2, 0.25) is 0 Å². The highest BCUT2D eigenvalue weighted by molar-refractivity contribution is 5.94. The Morgan fingerprint density at radius 1 is 0.714 bits per heavy atom. The van der Waals surface area contributed by atoms with E-state index in [1.54, 1.807) is 0 Å². The first-order valence-corrected chi connectivity index (χ1v) is 17.4. The first-order chi connectivity index (χ1) is 24.2. The van der Waals surface area contributed by atoms with Gasteiger partial charge in [0.1, 0.15) is 11.5 Å². The summed E-state index contributed by atoms with van der Waals surface area (Å²) in [5.41, 5.74) is 12.0. The molecular formula is C45H33N3O. The minimum Gasteiger partial charge on any atom is -0.461 e. The number of ether oxygens (including phenoxy) is 1. The molecule has 6 aromatic rings. The zero-order chi connectivity index (χ0) is 32.5. The second-order valence-corrected chi connectivity index (χ2v) is 13.9. The number of nitrogens with zero attached hydrogens (tertiary/aromatic N) is 3. The number of benzene rings is 5. The predicted octanol–water partition coefficient (Wildman–Crippen LogP) is 10.9. The normalized spacial score (nSPS) is 18.1. The smallest absolute Gasteiger partial charge is 0.160 e. The minimum absolute atomic E-state index is 0.0665. The van der Waals surface area contributed by atoms with E-state index in [2.05, 4.69) is 115 Å². The van der Waals surface area contributed by atoms with Gasteiger partial charge in [0.05, 0.1) is 23.0 Å². The highest BCUT2D eigenvalue weighted by Gasteiger charge is 2.45. The SMILES string of the molecule is N#Cc1ccc2c(c1)C1(CCCCC1)c1cccc(-c3cc(-c4ccc5ccccc5c4)nc(C4=CCC5C(=C4)Oc4ccccc45)n3)c1-2. The van der Waals surface area contributed by atoms with E-state index >= 15 is 0 Å². The van der Waals surface area contributed by atoms with Crippen molar-refractivity contribution in [2.75, 3.05) is 0 Å². The average Bonchev–Trinajstić information content (AvgIpc) is 3.67. The van der Waals surface area contributed by atoms with Gasteiger partial charge in [-0.1, -0.05) is 104 Å². The third-order valence-electron chi connectivity index (χ3n) is 11.3. The van der Waals surface area contributed by atoms with Crippen LogP contribution in [0.4, 0.5) is 0 Å². The van der Waals surface area contributed by atoms with Gasteiger partial charge in [-0.05, 0) is 88.7 Å². The summed E-state index contributed by atoms with van der Waals surface area (Å²) >= 11 is 0. The molecular weight excluding hydrogens is 599 g/mol. The van der Waals surface area contributed by atoms with Gasteiger partial charge in [0.2, 0.25) is 0 Å². The summed E-state index contributed by atoms with van der Waals surface area (Å²) in [6.07, 6.45) is 11.1. The van der Waals surface area contributed by atoms with Crippen molar-refractivity contribution < 1.29 is 4.74 Å². The molecule has 1 aliphatic heterocycles. The fourth-order valence-corrected chi connectivity index (χ4v) is 8.93. The fraction of sp³-hybridized carbons (Fsp3) is 0.178. The Hall–Kier alpha value is -5.79. The van der Waals surface area contributed by atoms with E-state index in [0.29, 0.717) is 5.82 Å². The molecule has 1 fully saturated rings. The summed E-state index contributed by atoms with van der Waals surface area (Å²) < 4.78 is 6.36. The first kappa shape index (κ1) is 28.2. The molecule has 1 spiro atoms. The largest absolute Gasteiger partial charge is 0.461 e. The molecule has 0 saturated heterocycles. The molecule has 0 amide bonds. The Labute approximate surface area is 286 Å². The van der Waals surface area contributed by atoms with Gasteiger partial charge in [0, 0.05) is 33.6 Å². The van der Waals surface area contributed by atoms with Crippen molar-refractivity contribution in [2.45, 2.75) is 49.9 Å². The lowest BCUT2D eigenvalue weighted by atomic mass is 9.67. The van der Waals surface area contributed by atoms with E-state index in [1.165, 1.54) is 57.9 Å². The van der Waals surface area contributed by atoms with E-state index in [0.717, 1.165) is 64.4 Å². The predicted molar refractivity (Wildman–Crippen MR) is 195 cm³/mol. The molecule has 0 radical (unpaired) electrons. The van der Waals surface area contributed by atoms with Gasteiger partial charge in [0.25, 0.3) is 0 Å². The second-order valence-electron chi connectivity index (χ2n) is 13.9. The van der Waals surface area contributed by atoms with Crippen LogP contribution in [0, 0.1) is 11.3 Å². The molecule has 2 heterocycles. The van der Waals surface area contributed by atoms with Gasteiger partial charge in [-0.3, -0.25) is 0 Å². The quantitative estimate of drug-likeness (QED) is 0.195. The molecule has 5 aromatic carbocycles. The van der Waals surface area contributed by atoms with Gasteiger partial charge in [0.15, 0.2) is 5.82 Å². The Balaban J connectivity index is 1.17. The van der Waals surface area contributed by atoms with E-state index < -0.39 is 0 Å². The Morgan fingerprint density at radius 3 is 2.45 bits per heavy atom. The number of rotatable bonds is 3. The summed E-state index contributed by atoms with van der Waals surface area (Å²) in [5, 5.41) is 12.3. The number of allylic oxidation sites excluding steroid dienone is 4. The van der Waals surface area contributed by atoms with Crippen LogP contribution in [-0.2, 0) is 5.41 Å². The Kier molecular flexibility index (Phi) is 6.26. The number of hydrogen-bond donors (Lipinski definition) is 0. The van der Waals surface area contributed by atoms with Crippen LogP contribution in [0.25, 0.3) is 50.0 Å². The van der Waals surface area contributed by atoms with E-state index in [4.69, 9.17) is 14.7 Å². The molecule has 49 heavy (non-hydrogen) atoms. The molecule has 1 saturated carbocycles. The van der Waals surface area contributed by atoms with Crippen molar-refractivity contribution in [3.05, 3.63) is 155 Å². The van der Waals surface area contributed by atoms with Crippen LogP contribution >= 0.6 is 0 Å². The molecule has 1 aromatic heterocycles. The monoisotopic (exact) mass is 631 g/mol. The lowest BCUT2D eigenvalue weighted by Gasteiger charge is -2.36. The van der Waals surface area contributed by atoms with Crippen LogP contribution in [0.5, 0.6) is 5.75 Å². The lowest BCUT2D eigenvalue weighted by Crippen LogP contribution is -2.28. The fourth-order valence-electron chi connectivity index (χ4n) is 8.93. The standard InChI is InChI=1S/C45H33N3O/c46-27-28-15-19-35-38(23-28)45(21-6-1-7-22-45)37-13-8-12-36(43(35)37)40-26-39(31-17-16-29-9-2-3-10-30(29)24-31)47-44(48-40)32-18-20-34-33-11-4-5-14-41(33)49-42(34)25-32/h2-5,8-19,23-26,34H,1,6-7,20-22H2. The molecule has 3 aliphatic carbocycles. The summed E-state index contributed by atoms with van der Waals surface area (Å²) in [4.78, 5) is 10.6. The van der Waals surface area contributed by atoms with Crippen molar-refractivity contribution >= 4 is 16.3 Å². The van der Waals surface area contributed by atoms with Crippen molar-refractivity contribution in [3.8, 4) is 45.5 Å². The molecule has 4 heteroatoms. The van der Waals surface area contributed by atoms with E-state index in [1.807, 2.05) is 12.1 Å². The number of hydrogen-bond acceptors (Lipinski definition) is 4. The minimum atomic E-state index is -0.0665. The number of aromatic nitrogens is 2. The highest BCUT2D eigenvalue weighted by atomic mass is 16.5. The number of fused-ring (bicyclic) bond motifs is 9. The van der Waals surface area contributed by atoms with Gasteiger partial charge in [-0.2, -0.15) is 5.26 Å². The summed E-state index contributed by atoms with van der Waals surface area (Å²) in [7, 11) is 0. The maximum atomic E-state index is 9.89. The zero-order valence-corrected chi connectivity index (χ0v) is 27.1. The molecule has 1 unspecified atom stereocenters. The summed E-state index contributed by atoms with van der Waals surface area (Å²) in [6.45, 7) is 0. The third-order valence-corrected chi connectivity index (χ3v) is 11.3.